The van der Waals surface area contributed by atoms with Crippen LogP contribution in [0.25, 0.3) is 0 Å². The molecule has 4 unspecified atom stereocenters. The number of aliphatic hydroxyl groups excluding tert-OH is 1. The molecular weight excluding hydrogens is 268 g/mol. The number of rotatable bonds is 4. The van der Waals surface area contributed by atoms with Gasteiger partial charge in [0.1, 0.15) is 5.60 Å². The molecule has 0 heterocycles. The molecule has 2 saturated carbocycles. The van der Waals surface area contributed by atoms with Crippen molar-refractivity contribution in [3.8, 4) is 0 Å². The summed E-state index contributed by atoms with van der Waals surface area (Å²) in [4.78, 5) is 11.7. The van der Waals surface area contributed by atoms with Crippen LogP contribution in [0.15, 0.2) is 0 Å². The van der Waals surface area contributed by atoms with Gasteiger partial charge in [-0.3, -0.25) is 0 Å². The molecular formula is C16H30N2O3. The molecule has 2 aliphatic rings. The number of carbonyl (C=O) groups excluding carboxylic acids is 1. The molecule has 0 aromatic carbocycles. The van der Waals surface area contributed by atoms with Gasteiger partial charge in [-0.05, 0) is 58.8 Å². The lowest BCUT2D eigenvalue weighted by atomic mass is 10.1. The van der Waals surface area contributed by atoms with Crippen molar-refractivity contribution in [2.24, 2.45) is 5.92 Å². The van der Waals surface area contributed by atoms with Crippen molar-refractivity contribution >= 4 is 6.09 Å². The van der Waals surface area contributed by atoms with E-state index in [0.717, 1.165) is 45.1 Å². The monoisotopic (exact) mass is 298 g/mol. The van der Waals surface area contributed by atoms with Crippen molar-refractivity contribution in [1.82, 2.24) is 10.6 Å². The Labute approximate surface area is 127 Å². The summed E-state index contributed by atoms with van der Waals surface area (Å²) in [6, 6.07) is 0.642. The summed E-state index contributed by atoms with van der Waals surface area (Å²) in [5, 5.41) is 16.3. The first-order chi connectivity index (χ1) is 9.83. The Morgan fingerprint density at radius 2 is 1.90 bits per heavy atom. The van der Waals surface area contributed by atoms with E-state index in [4.69, 9.17) is 4.74 Å². The van der Waals surface area contributed by atoms with Crippen molar-refractivity contribution in [1.29, 1.82) is 0 Å². The van der Waals surface area contributed by atoms with Crippen molar-refractivity contribution < 1.29 is 14.6 Å². The Hall–Kier alpha value is -0.810. The molecule has 2 fully saturated rings. The zero-order chi connectivity index (χ0) is 15.5. The predicted molar refractivity (Wildman–Crippen MR) is 82.1 cm³/mol. The average molecular weight is 298 g/mol. The molecule has 4 atom stereocenters. The largest absolute Gasteiger partial charge is 0.444 e. The Bertz CT molecular complexity index is 354. The van der Waals surface area contributed by atoms with E-state index in [-0.39, 0.29) is 18.2 Å². The maximum atomic E-state index is 11.7. The minimum absolute atomic E-state index is 0.130. The molecule has 0 bridgehead atoms. The van der Waals surface area contributed by atoms with Crippen LogP contribution >= 0.6 is 0 Å². The zero-order valence-corrected chi connectivity index (χ0v) is 13.5. The molecule has 2 rings (SSSR count). The van der Waals surface area contributed by atoms with E-state index in [9.17, 15) is 9.90 Å². The van der Waals surface area contributed by atoms with Crippen LogP contribution in [0.2, 0.25) is 0 Å². The minimum atomic E-state index is -0.445. The molecule has 2 aliphatic carbocycles. The maximum Gasteiger partial charge on any atom is 0.407 e. The van der Waals surface area contributed by atoms with Crippen LogP contribution in [0.3, 0.4) is 0 Å². The first-order valence-corrected chi connectivity index (χ1v) is 8.24. The molecule has 0 aliphatic heterocycles. The van der Waals surface area contributed by atoms with Crippen LogP contribution in [-0.4, -0.2) is 41.5 Å². The van der Waals surface area contributed by atoms with Crippen LogP contribution in [0.1, 0.15) is 59.3 Å². The second-order valence-electron chi connectivity index (χ2n) is 7.52. The summed E-state index contributed by atoms with van der Waals surface area (Å²) in [5.74, 6) is 0.405. The molecule has 0 radical (unpaired) electrons. The number of hydrogen-bond donors (Lipinski definition) is 3. The number of aliphatic hydroxyl groups is 1. The number of hydrogen-bond acceptors (Lipinski definition) is 4. The first kappa shape index (κ1) is 16.6. The highest BCUT2D eigenvalue weighted by atomic mass is 16.6. The van der Waals surface area contributed by atoms with Crippen LogP contribution in [0.5, 0.6) is 0 Å². The third kappa shape index (κ3) is 5.47. The predicted octanol–water partition coefficient (Wildman–Crippen LogP) is 2.18. The van der Waals surface area contributed by atoms with E-state index < -0.39 is 5.60 Å². The lowest BCUT2D eigenvalue weighted by Crippen LogP contribution is -2.39. The van der Waals surface area contributed by atoms with Crippen LogP contribution < -0.4 is 10.6 Å². The third-order valence-electron chi connectivity index (χ3n) is 4.44. The molecule has 0 aromatic heterocycles. The quantitative estimate of drug-likeness (QED) is 0.744. The number of alkyl carbamates (subject to hydrolysis) is 1. The van der Waals surface area contributed by atoms with E-state index in [1.165, 1.54) is 0 Å². The molecule has 5 heteroatoms. The van der Waals surface area contributed by atoms with Gasteiger partial charge < -0.3 is 20.5 Å². The lowest BCUT2D eigenvalue weighted by molar-refractivity contribution is 0.0505. The van der Waals surface area contributed by atoms with Gasteiger partial charge in [0.05, 0.1) is 6.10 Å². The number of nitrogens with one attached hydrogen (secondary N) is 2. The molecule has 5 nitrogen and oxygen atoms in total. The maximum absolute atomic E-state index is 11.7. The summed E-state index contributed by atoms with van der Waals surface area (Å²) in [6.45, 7) is 6.51. The molecule has 0 aromatic rings. The molecule has 21 heavy (non-hydrogen) atoms. The summed E-state index contributed by atoms with van der Waals surface area (Å²) in [5.41, 5.74) is -0.445. The van der Waals surface area contributed by atoms with Gasteiger partial charge >= 0.3 is 6.09 Å². The number of amides is 1. The number of carbonyl (C=O) groups is 1. The molecule has 0 spiro atoms. The fraction of sp³-hybridized carbons (Fsp3) is 0.938. The van der Waals surface area contributed by atoms with Gasteiger partial charge in [0, 0.05) is 18.6 Å². The van der Waals surface area contributed by atoms with E-state index >= 15 is 0 Å². The molecule has 0 saturated heterocycles. The second-order valence-corrected chi connectivity index (χ2v) is 7.52. The van der Waals surface area contributed by atoms with Gasteiger partial charge in [-0.2, -0.15) is 0 Å². The van der Waals surface area contributed by atoms with E-state index in [1.807, 2.05) is 20.8 Å². The van der Waals surface area contributed by atoms with Crippen molar-refractivity contribution in [3.63, 3.8) is 0 Å². The van der Waals surface area contributed by atoms with Crippen molar-refractivity contribution in [2.45, 2.75) is 83.1 Å². The zero-order valence-electron chi connectivity index (χ0n) is 13.5. The third-order valence-corrected chi connectivity index (χ3v) is 4.44. The van der Waals surface area contributed by atoms with Crippen LogP contribution in [0.4, 0.5) is 4.79 Å². The fourth-order valence-electron chi connectivity index (χ4n) is 3.35. The van der Waals surface area contributed by atoms with E-state index in [1.54, 1.807) is 0 Å². The second kappa shape index (κ2) is 6.97. The minimum Gasteiger partial charge on any atom is -0.444 e. The first-order valence-electron chi connectivity index (χ1n) is 8.24. The van der Waals surface area contributed by atoms with E-state index in [2.05, 4.69) is 10.6 Å². The smallest absolute Gasteiger partial charge is 0.407 e. The standard InChI is InChI=1S/C16H30N2O3/c1-16(2,3)21-15(20)18-13-8-7-12(9-13)17-10-11-5-4-6-14(11)19/h11-14,17,19H,4-10H2,1-3H3,(H,18,20). The Morgan fingerprint density at radius 3 is 2.52 bits per heavy atom. The van der Waals surface area contributed by atoms with Crippen LogP contribution in [-0.2, 0) is 4.74 Å². The molecule has 1 amide bonds. The highest BCUT2D eigenvalue weighted by molar-refractivity contribution is 5.68. The highest BCUT2D eigenvalue weighted by Crippen LogP contribution is 2.26. The summed E-state index contributed by atoms with van der Waals surface area (Å²) in [6.07, 6.45) is 5.77. The molecule has 122 valence electrons. The normalized spacial score (nSPS) is 33.1. The fourth-order valence-corrected chi connectivity index (χ4v) is 3.35. The van der Waals surface area contributed by atoms with Crippen molar-refractivity contribution in [2.75, 3.05) is 6.54 Å². The van der Waals surface area contributed by atoms with Crippen LogP contribution in [0, 0.1) is 5.92 Å². The Morgan fingerprint density at radius 1 is 1.19 bits per heavy atom. The lowest BCUT2D eigenvalue weighted by Gasteiger charge is -2.22. The van der Waals surface area contributed by atoms with E-state index in [0.29, 0.717) is 12.0 Å². The Kier molecular flexibility index (Phi) is 5.49. The summed E-state index contributed by atoms with van der Waals surface area (Å²) in [7, 11) is 0. The van der Waals surface area contributed by atoms with Gasteiger partial charge in [0.15, 0.2) is 0 Å². The van der Waals surface area contributed by atoms with Gasteiger partial charge in [0.2, 0.25) is 0 Å². The average Bonchev–Trinajstić information content (AvgIpc) is 2.93. The highest BCUT2D eigenvalue weighted by Gasteiger charge is 2.30. The number of ether oxygens (including phenoxy) is 1. The SMILES string of the molecule is CC(C)(C)OC(=O)NC1CCC(NCC2CCCC2O)C1. The summed E-state index contributed by atoms with van der Waals surface area (Å²) >= 11 is 0. The summed E-state index contributed by atoms with van der Waals surface area (Å²) < 4.78 is 5.29. The topological polar surface area (TPSA) is 70.6 Å². The molecule has 3 N–H and O–H groups in total. The van der Waals surface area contributed by atoms with Crippen molar-refractivity contribution in [3.05, 3.63) is 0 Å². The Balaban J connectivity index is 1.65. The van der Waals surface area contributed by atoms with Gasteiger partial charge in [0.25, 0.3) is 0 Å². The van der Waals surface area contributed by atoms with Gasteiger partial charge in [-0.25, -0.2) is 4.79 Å². The van der Waals surface area contributed by atoms with Gasteiger partial charge in [-0.1, -0.05) is 6.42 Å². The van der Waals surface area contributed by atoms with Gasteiger partial charge in [-0.15, -0.1) is 0 Å².